The van der Waals surface area contributed by atoms with Crippen LogP contribution < -0.4 is 0 Å². The fraction of sp³-hybridized carbons (Fsp3) is 0.667. The van der Waals surface area contributed by atoms with Crippen molar-refractivity contribution in [2.24, 2.45) is 10.1 Å². The van der Waals surface area contributed by atoms with Crippen LogP contribution in [0, 0.1) is 5.53 Å². The fourth-order valence-electron chi connectivity index (χ4n) is 0.122. The lowest BCUT2D eigenvalue weighted by Crippen LogP contribution is -1.74. The third-order valence-corrected chi connectivity index (χ3v) is 0.356. The molecule has 0 atom stereocenters. The smallest absolute Gasteiger partial charge is 0.0944 e. The van der Waals surface area contributed by atoms with Crippen LogP contribution in [0.3, 0.4) is 0 Å². The summed E-state index contributed by atoms with van der Waals surface area (Å²) < 4.78 is 0. The molecular formula is C3H7N3. The van der Waals surface area contributed by atoms with Crippen LogP contribution in [-0.2, 0) is 0 Å². The van der Waals surface area contributed by atoms with E-state index in [1.165, 1.54) is 0 Å². The highest BCUT2D eigenvalue weighted by molar-refractivity contribution is 5.59. The molecule has 0 spiro atoms. The highest BCUT2D eigenvalue weighted by atomic mass is 14.9. The largest absolute Gasteiger partial charge is 0.299 e. The molecule has 3 nitrogen and oxygen atoms in total. The van der Waals surface area contributed by atoms with Crippen molar-refractivity contribution in [3.05, 3.63) is 0 Å². The first-order valence-electron chi connectivity index (χ1n) is 1.65. The van der Waals surface area contributed by atoms with E-state index in [0.29, 0.717) is 6.54 Å². The zero-order valence-electron chi connectivity index (χ0n) is 3.68. The molecule has 34 valence electrons. The van der Waals surface area contributed by atoms with Crippen LogP contribution in [0.15, 0.2) is 10.1 Å². The van der Waals surface area contributed by atoms with Gasteiger partial charge >= 0.3 is 0 Å². The average molecular weight is 85.1 g/mol. The van der Waals surface area contributed by atoms with Gasteiger partial charge < -0.3 is 0 Å². The summed E-state index contributed by atoms with van der Waals surface area (Å²) in [6.45, 7) is 0.413. The molecule has 0 radical (unpaired) electrons. The van der Waals surface area contributed by atoms with Crippen molar-refractivity contribution >= 4 is 6.21 Å². The Balaban J connectivity index is 2.85. The number of aliphatic imine (C=N–C) groups is 1. The zero-order valence-corrected chi connectivity index (χ0v) is 3.68. The van der Waals surface area contributed by atoms with Gasteiger partial charge in [0, 0.05) is 13.3 Å². The Kier molecular flexibility index (Phi) is 3.75. The molecule has 0 saturated heterocycles. The van der Waals surface area contributed by atoms with E-state index < -0.39 is 0 Å². The van der Waals surface area contributed by atoms with Crippen molar-refractivity contribution < 1.29 is 0 Å². The molecule has 0 aliphatic rings. The average Bonchev–Trinajstić information content (AvgIpc) is 1.61. The molecule has 0 saturated carbocycles. The first-order valence-corrected chi connectivity index (χ1v) is 1.65. The maximum atomic E-state index is 6.24. The predicted octanol–water partition coefficient (Wildman–Crippen LogP) is 0.718. The van der Waals surface area contributed by atoms with Crippen LogP contribution in [0.4, 0.5) is 0 Å². The van der Waals surface area contributed by atoms with E-state index in [1.807, 2.05) is 0 Å². The summed E-state index contributed by atoms with van der Waals surface area (Å²) in [5, 5.41) is 3.03. The van der Waals surface area contributed by atoms with Gasteiger partial charge in [0.25, 0.3) is 0 Å². The second-order valence-electron chi connectivity index (χ2n) is 0.781. The summed E-state index contributed by atoms with van der Waals surface area (Å²) in [7, 11) is 1.66. The van der Waals surface area contributed by atoms with Gasteiger partial charge in [0.2, 0.25) is 0 Å². The molecule has 6 heavy (non-hydrogen) atoms. The van der Waals surface area contributed by atoms with Gasteiger partial charge in [-0.1, -0.05) is 0 Å². The van der Waals surface area contributed by atoms with Crippen LogP contribution in [0.5, 0.6) is 0 Å². The Labute approximate surface area is 36.6 Å². The van der Waals surface area contributed by atoms with Crippen LogP contribution in [0.1, 0.15) is 0 Å². The Morgan fingerprint density at radius 3 is 2.67 bits per heavy atom. The molecule has 1 N–H and O–H groups in total. The molecule has 0 bridgehead atoms. The number of hydrogen-bond acceptors (Lipinski definition) is 3. The van der Waals surface area contributed by atoms with Gasteiger partial charge in [0.1, 0.15) is 0 Å². The molecule has 3 heteroatoms. The Morgan fingerprint density at radius 1 is 1.83 bits per heavy atom. The van der Waals surface area contributed by atoms with Crippen molar-refractivity contribution in [1.29, 1.82) is 5.53 Å². The number of hydrogen-bond donors (Lipinski definition) is 1. The third-order valence-electron chi connectivity index (χ3n) is 0.356. The quantitative estimate of drug-likeness (QED) is 0.379. The first kappa shape index (κ1) is 5.27. The van der Waals surface area contributed by atoms with Gasteiger partial charge in [-0.3, -0.25) is 4.99 Å². The lowest BCUT2D eigenvalue weighted by molar-refractivity contribution is 1.03. The molecule has 0 heterocycles. The van der Waals surface area contributed by atoms with Gasteiger partial charge in [-0.25, -0.2) is 5.53 Å². The monoisotopic (exact) mass is 85.1 g/mol. The third kappa shape index (κ3) is 3.27. The first-order chi connectivity index (χ1) is 2.91. The van der Waals surface area contributed by atoms with Crippen molar-refractivity contribution in [3.63, 3.8) is 0 Å². The lowest BCUT2D eigenvalue weighted by Gasteiger charge is -1.69. The van der Waals surface area contributed by atoms with E-state index in [9.17, 15) is 0 Å². The molecule has 0 fully saturated rings. The second kappa shape index (κ2) is 4.27. The molecule has 0 aliphatic heterocycles. The minimum Gasteiger partial charge on any atom is -0.299 e. The highest BCUT2D eigenvalue weighted by Gasteiger charge is 1.60. The summed E-state index contributed by atoms with van der Waals surface area (Å²) in [6, 6.07) is 0. The second-order valence-corrected chi connectivity index (χ2v) is 0.781. The normalized spacial score (nSPS) is 9.50. The van der Waals surface area contributed by atoms with Gasteiger partial charge in [-0.2, -0.15) is 5.11 Å². The summed E-state index contributed by atoms with van der Waals surface area (Å²) >= 11 is 0. The summed E-state index contributed by atoms with van der Waals surface area (Å²) in [5.41, 5.74) is 6.24. The minimum absolute atomic E-state index is 0.413. The number of nitrogens with one attached hydrogen (secondary N) is 1. The summed E-state index contributed by atoms with van der Waals surface area (Å²) in [6.07, 6.45) is 1.58. The number of rotatable bonds is 2. The SMILES string of the molecule is CN=CCN=N. The van der Waals surface area contributed by atoms with E-state index in [2.05, 4.69) is 10.1 Å². The molecule has 0 aliphatic carbocycles. The van der Waals surface area contributed by atoms with Crippen LogP contribution in [0.2, 0.25) is 0 Å². The fourth-order valence-corrected chi connectivity index (χ4v) is 0.122. The molecule has 0 aromatic carbocycles. The van der Waals surface area contributed by atoms with Crippen molar-refractivity contribution in [1.82, 2.24) is 0 Å². The van der Waals surface area contributed by atoms with Crippen molar-refractivity contribution in [2.45, 2.75) is 0 Å². The Hall–Kier alpha value is -0.730. The van der Waals surface area contributed by atoms with E-state index in [4.69, 9.17) is 5.53 Å². The molecular weight excluding hydrogens is 78.1 g/mol. The predicted molar refractivity (Wildman–Crippen MR) is 24.4 cm³/mol. The van der Waals surface area contributed by atoms with E-state index in [-0.39, 0.29) is 0 Å². The topological polar surface area (TPSA) is 48.6 Å². The van der Waals surface area contributed by atoms with Gasteiger partial charge in [-0.15, -0.1) is 0 Å². The van der Waals surface area contributed by atoms with Crippen molar-refractivity contribution in [3.8, 4) is 0 Å². The van der Waals surface area contributed by atoms with E-state index in [1.54, 1.807) is 13.3 Å². The van der Waals surface area contributed by atoms with E-state index >= 15 is 0 Å². The van der Waals surface area contributed by atoms with Gasteiger partial charge in [-0.05, 0) is 0 Å². The lowest BCUT2D eigenvalue weighted by atomic mass is 10.7. The summed E-state index contributed by atoms with van der Waals surface area (Å²) in [5.74, 6) is 0. The maximum absolute atomic E-state index is 6.24. The van der Waals surface area contributed by atoms with Crippen molar-refractivity contribution in [2.75, 3.05) is 13.6 Å². The maximum Gasteiger partial charge on any atom is 0.0944 e. The van der Waals surface area contributed by atoms with Crippen LogP contribution in [-0.4, -0.2) is 19.8 Å². The molecule has 0 unspecified atom stereocenters. The molecule has 0 amide bonds. The van der Waals surface area contributed by atoms with Crippen LogP contribution >= 0.6 is 0 Å². The molecule has 0 aromatic rings. The Morgan fingerprint density at radius 2 is 2.50 bits per heavy atom. The zero-order chi connectivity index (χ0) is 4.83. The summed E-state index contributed by atoms with van der Waals surface area (Å²) in [4.78, 5) is 3.59. The standard InChI is InChI=1S/C3H7N3/c1-5-2-3-6-4/h2,4H,3H2,1H3. The number of nitrogens with zero attached hydrogens (tertiary/aromatic N) is 2. The van der Waals surface area contributed by atoms with Gasteiger partial charge in [0.05, 0.1) is 6.54 Å². The van der Waals surface area contributed by atoms with E-state index in [0.717, 1.165) is 0 Å². The molecule has 0 aromatic heterocycles. The molecule has 0 rings (SSSR count). The van der Waals surface area contributed by atoms with Gasteiger partial charge in [0.15, 0.2) is 0 Å². The van der Waals surface area contributed by atoms with Crippen LogP contribution in [0.25, 0.3) is 0 Å². The highest BCUT2D eigenvalue weighted by Crippen LogP contribution is 1.57. The Bertz CT molecular complexity index is 57.1. The minimum atomic E-state index is 0.413.